The van der Waals surface area contributed by atoms with E-state index < -0.39 is 0 Å². The number of hydrazone groups is 1. The molecule has 5 nitrogen and oxygen atoms in total. The topological polar surface area (TPSA) is 55.6 Å². The van der Waals surface area contributed by atoms with Crippen LogP contribution in [0.3, 0.4) is 0 Å². The Morgan fingerprint density at radius 2 is 1.97 bits per heavy atom. The van der Waals surface area contributed by atoms with Crippen molar-refractivity contribution < 1.29 is 9.53 Å². The van der Waals surface area contributed by atoms with Gasteiger partial charge in [-0.25, -0.2) is 5.43 Å². The van der Waals surface area contributed by atoms with E-state index in [1.165, 1.54) is 17.1 Å². The van der Waals surface area contributed by atoms with Gasteiger partial charge >= 0.3 is 0 Å². The standard InChI is InChI=1S/C22H20BrN3O2S2/c23-17-3-1-4-18(13-17)26-10-2-5-19(26)14-24-25-21(27)15-28-20-8-6-16(7-9-20)22-29-11-12-30-22/h1-10,13-14,22H,11-12,15H2,(H,25,27)/b24-14-. The lowest BCUT2D eigenvalue weighted by Gasteiger charge is -2.10. The molecule has 2 aromatic carbocycles. The third-order valence-corrected chi connectivity index (χ3v) is 7.99. The number of hydrogen-bond acceptors (Lipinski definition) is 5. The van der Waals surface area contributed by atoms with Gasteiger partial charge in [-0.15, -0.1) is 23.5 Å². The van der Waals surface area contributed by atoms with Crippen molar-refractivity contribution in [3.05, 3.63) is 82.6 Å². The number of carbonyl (C=O) groups is 1. The fourth-order valence-electron chi connectivity index (χ4n) is 2.98. The number of thioether (sulfide) groups is 2. The van der Waals surface area contributed by atoms with Crippen molar-refractivity contribution in [2.24, 2.45) is 5.10 Å². The maximum atomic E-state index is 12.1. The minimum absolute atomic E-state index is 0.0870. The summed E-state index contributed by atoms with van der Waals surface area (Å²) in [7, 11) is 0. The van der Waals surface area contributed by atoms with Gasteiger partial charge in [0.05, 0.1) is 16.5 Å². The van der Waals surface area contributed by atoms with E-state index in [1.54, 1.807) is 6.21 Å². The smallest absolute Gasteiger partial charge is 0.277 e. The van der Waals surface area contributed by atoms with Crippen LogP contribution in [-0.2, 0) is 4.79 Å². The summed E-state index contributed by atoms with van der Waals surface area (Å²) in [6.07, 6.45) is 3.56. The molecule has 1 N–H and O–H groups in total. The van der Waals surface area contributed by atoms with E-state index in [1.807, 2.05) is 82.8 Å². The molecule has 1 aliphatic heterocycles. The summed E-state index contributed by atoms with van der Waals surface area (Å²) in [5.74, 6) is 2.76. The summed E-state index contributed by atoms with van der Waals surface area (Å²) in [6.45, 7) is -0.0870. The van der Waals surface area contributed by atoms with Gasteiger partial charge in [0.2, 0.25) is 0 Å². The highest BCUT2D eigenvalue weighted by molar-refractivity contribution is 9.10. The van der Waals surface area contributed by atoms with E-state index in [9.17, 15) is 4.79 Å². The number of ether oxygens (including phenoxy) is 1. The quantitative estimate of drug-likeness (QED) is 0.354. The molecule has 1 saturated heterocycles. The van der Waals surface area contributed by atoms with Crippen molar-refractivity contribution in [2.45, 2.75) is 4.58 Å². The van der Waals surface area contributed by atoms with Crippen LogP contribution < -0.4 is 10.2 Å². The number of nitrogens with one attached hydrogen (secondary N) is 1. The third-order valence-electron chi connectivity index (χ3n) is 4.40. The Hall–Kier alpha value is -2.16. The summed E-state index contributed by atoms with van der Waals surface area (Å²) in [4.78, 5) is 12.1. The monoisotopic (exact) mass is 501 g/mol. The lowest BCUT2D eigenvalue weighted by Crippen LogP contribution is -2.24. The molecule has 8 heteroatoms. The van der Waals surface area contributed by atoms with Crippen LogP contribution in [-0.4, -0.2) is 34.8 Å². The van der Waals surface area contributed by atoms with Gasteiger partial charge in [-0.05, 0) is 48.0 Å². The van der Waals surface area contributed by atoms with E-state index in [0.29, 0.717) is 10.3 Å². The van der Waals surface area contributed by atoms with E-state index in [0.717, 1.165) is 15.9 Å². The molecule has 30 heavy (non-hydrogen) atoms. The number of carbonyl (C=O) groups excluding carboxylic acids is 1. The van der Waals surface area contributed by atoms with Gasteiger partial charge in [-0.2, -0.15) is 5.10 Å². The molecular weight excluding hydrogens is 482 g/mol. The van der Waals surface area contributed by atoms with Crippen LogP contribution in [0.15, 0.2) is 76.4 Å². The van der Waals surface area contributed by atoms with Crippen molar-refractivity contribution in [1.29, 1.82) is 0 Å². The van der Waals surface area contributed by atoms with Gasteiger partial charge in [-0.1, -0.05) is 34.1 Å². The number of halogens is 1. The maximum absolute atomic E-state index is 12.1. The largest absolute Gasteiger partial charge is 0.484 e. The Bertz CT molecular complexity index is 1030. The van der Waals surface area contributed by atoms with Crippen molar-refractivity contribution in [3.63, 3.8) is 0 Å². The fraction of sp³-hybridized carbons (Fsp3) is 0.182. The molecular formula is C22H20BrN3O2S2. The Morgan fingerprint density at radius 3 is 2.73 bits per heavy atom. The summed E-state index contributed by atoms with van der Waals surface area (Å²) in [6, 6.07) is 19.8. The molecule has 0 unspecified atom stereocenters. The van der Waals surface area contributed by atoms with Crippen molar-refractivity contribution in [2.75, 3.05) is 18.1 Å². The van der Waals surface area contributed by atoms with E-state index in [-0.39, 0.29) is 12.5 Å². The Balaban J connectivity index is 1.28. The molecule has 2 heterocycles. The third kappa shape index (κ3) is 5.50. The molecule has 0 radical (unpaired) electrons. The van der Waals surface area contributed by atoms with Gasteiger partial charge in [0, 0.05) is 27.9 Å². The van der Waals surface area contributed by atoms with E-state index >= 15 is 0 Å². The second-order valence-electron chi connectivity index (χ2n) is 6.51. The zero-order chi connectivity index (χ0) is 20.8. The number of benzene rings is 2. The highest BCUT2D eigenvalue weighted by atomic mass is 79.9. The molecule has 0 saturated carbocycles. The highest BCUT2D eigenvalue weighted by Gasteiger charge is 2.18. The minimum atomic E-state index is -0.308. The first-order valence-corrected chi connectivity index (χ1v) is 12.3. The first kappa shape index (κ1) is 21.1. The predicted molar refractivity (Wildman–Crippen MR) is 129 cm³/mol. The molecule has 0 atom stereocenters. The Labute approximate surface area is 192 Å². The summed E-state index contributed by atoms with van der Waals surface area (Å²) < 4.78 is 9.06. The first-order chi connectivity index (χ1) is 14.7. The summed E-state index contributed by atoms with van der Waals surface area (Å²) >= 11 is 7.41. The van der Waals surface area contributed by atoms with Gasteiger partial charge in [0.15, 0.2) is 6.61 Å². The number of nitrogens with zero attached hydrogens (tertiary/aromatic N) is 2. The molecule has 1 amide bonds. The Morgan fingerprint density at radius 1 is 1.17 bits per heavy atom. The minimum Gasteiger partial charge on any atom is -0.484 e. The average molecular weight is 502 g/mol. The molecule has 154 valence electrons. The van der Waals surface area contributed by atoms with Crippen molar-refractivity contribution in [3.8, 4) is 11.4 Å². The van der Waals surface area contributed by atoms with Gasteiger partial charge < -0.3 is 9.30 Å². The number of hydrogen-bond donors (Lipinski definition) is 1. The zero-order valence-corrected chi connectivity index (χ0v) is 19.3. The molecule has 3 aromatic rings. The SMILES string of the molecule is O=C(COc1ccc(C2SCCS2)cc1)N/N=C\c1cccn1-c1cccc(Br)c1. The predicted octanol–water partition coefficient (Wildman–Crippen LogP) is 5.25. The number of rotatable bonds is 7. The number of amides is 1. The highest BCUT2D eigenvalue weighted by Crippen LogP contribution is 2.45. The second kappa shape index (κ2) is 10.2. The van der Waals surface area contributed by atoms with Crippen LogP contribution in [0.25, 0.3) is 5.69 Å². The maximum Gasteiger partial charge on any atom is 0.277 e. The second-order valence-corrected chi connectivity index (χ2v) is 10.1. The van der Waals surface area contributed by atoms with Crippen molar-refractivity contribution >= 4 is 51.6 Å². The lowest BCUT2D eigenvalue weighted by atomic mass is 10.2. The molecule has 4 rings (SSSR count). The van der Waals surface area contributed by atoms with Gasteiger partial charge in [-0.3, -0.25) is 4.79 Å². The van der Waals surface area contributed by atoms with Crippen LogP contribution in [0.2, 0.25) is 0 Å². The van der Waals surface area contributed by atoms with Gasteiger partial charge in [0.25, 0.3) is 5.91 Å². The molecule has 0 bridgehead atoms. The molecule has 1 aliphatic rings. The zero-order valence-electron chi connectivity index (χ0n) is 16.0. The molecule has 0 spiro atoms. The Kier molecular flexibility index (Phi) is 7.20. The van der Waals surface area contributed by atoms with Crippen LogP contribution in [0, 0.1) is 0 Å². The summed E-state index contributed by atoms with van der Waals surface area (Å²) in [5, 5.41) is 4.06. The number of aromatic nitrogens is 1. The van der Waals surface area contributed by atoms with Crippen LogP contribution >= 0.6 is 39.5 Å². The fourth-order valence-corrected chi connectivity index (χ4v) is 6.23. The molecule has 0 aliphatic carbocycles. The molecule has 1 aromatic heterocycles. The van der Waals surface area contributed by atoms with Crippen molar-refractivity contribution in [1.82, 2.24) is 9.99 Å². The molecule has 1 fully saturated rings. The van der Waals surface area contributed by atoms with E-state index in [4.69, 9.17) is 4.74 Å². The van der Waals surface area contributed by atoms with Crippen LogP contribution in [0.5, 0.6) is 5.75 Å². The van der Waals surface area contributed by atoms with Crippen LogP contribution in [0.1, 0.15) is 15.8 Å². The van der Waals surface area contributed by atoms with Gasteiger partial charge in [0.1, 0.15) is 5.75 Å². The normalized spacial score (nSPS) is 14.3. The van der Waals surface area contributed by atoms with Crippen LogP contribution in [0.4, 0.5) is 0 Å². The summed E-state index contributed by atoms with van der Waals surface area (Å²) in [5.41, 5.74) is 5.66. The van der Waals surface area contributed by atoms with E-state index in [2.05, 4.69) is 38.6 Å². The first-order valence-electron chi connectivity index (χ1n) is 9.40. The average Bonchev–Trinajstić information content (AvgIpc) is 3.45. The lowest BCUT2D eigenvalue weighted by molar-refractivity contribution is -0.123.